The van der Waals surface area contributed by atoms with Crippen LogP contribution in [0.2, 0.25) is 0 Å². The molecule has 0 radical (unpaired) electrons. The van der Waals surface area contributed by atoms with Crippen molar-refractivity contribution in [2.45, 2.75) is 51.9 Å². The van der Waals surface area contributed by atoms with Crippen LogP contribution in [0, 0.1) is 0 Å². The largest absolute Gasteiger partial charge is 0.457 e. The van der Waals surface area contributed by atoms with Crippen LogP contribution in [0.25, 0.3) is 0 Å². The van der Waals surface area contributed by atoms with Crippen molar-refractivity contribution < 1.29 is 9.21 Å². The predicted octanol–water partition coefficient (Wildman–Crippen LogP) is 4.98. The van der Waals surface area contributed by atoms with Gasteiger partial charge in [-0.05, 0) is 28.4 Å². The fraction of sp³-hybridized carbons (Fsp3) is 0.615. The molecule has 0 aliphatic carbocycles. The zero-order chi connectivity index (χ0) is 11.8. The van der Waals surface area contributed by atoms with E-state index in [0.29, 0.717) is 16.7 Å². The second-order valence-electron chi connectivity index (χ2n) is 4.05. The summed E-state index contributed by atoms with van der Waals surface area (Å²) < 4.78 is 5.60. The lowest BCUT2D eigenvalue weighted by Crippen LogP contribution is -1.97. The highest BCUT2D eigenvalue weighted by atomic mass is 79.9. The number of rotatable bonds is 8. The number of halogens is 1. The number of hydrogen-bond donors (Lipinski definition) is 0. The van der Waals surface area contributed by atoms with E-state index in [1.165, 1.54) is 25.7 Å². The maximum absolute atomic E-state index is 11.7. The minimum absolute atomic E-state index is 0.177. The first-order valence-electron chi connectivity index (χ1n) is 6.02. The maximum atomic E-state index is 11.7. The summed E-state index contributed by atoms with van der Waals surface area (Å²) in [5, 5.41) is 0. The van der Waals surface area contributed by atoms with Crippen molar-refractivity contribution in [3.63, 3.8) is 0 Å². The number of Topliss-reactive ketones (excluding diaryl/α,β-unsaturated/α-hetero) is 1. The van der Waals surface area contributed by atoms with Crippen LogP contribution in [0.4, 0.5) is 0 Å². The van der Waals surface area contributed by atoms with Gasteiger partial charge in [0.1, 0.15) is 0 Å². The molecule has 0 atom stereocenters. The van der Waals surface area contributed by atoms with Crippen LogP contribution in [-0.2, 0) is 0 Å². The van der Waals surface area contributed by atoms with Crippen LogP contribution in [0.1, 0.15) is 62.2 Å². The number of carbonyl (C=O) groups is 1. The Bertz CT molecular complexity index is 317. The molecule has 0 spiro atoms. The van der Waals surface area contributed by atoms with Gasteiger partial charge in [-0.2, -0.15) is 0 Å². The Morgan fingerprint density at radius 2 is 1.94 bits per heavy atom. The molecular formula is C13H19BrO2. The second kappa shape index (κ2) is 7.66. The van der Waals surface area contributed by atoms with Gasteiger partial charge in [-0.25, -0.2) is 0 Å². The maximum Gasteiger partial charge on any atom is 0.179 e. The smallest absolute Gasteiger partial charge is 0.179 e. The number of unbranched alkanes of at least 4 members (excludes halogenated alkanes) is 5. The monoisotopic (exact) mass is 286 g/mol. The molecule has 90 valence electrons. The van der Waals surface area contributed by atoms with E-state index < -0.39 is 0 Å². The van der Waals surface area contributed by atoms with E-state index in [4.69, 9.17) is 4.42 Å². The van der Waals surface area contributed by atoms with Gasteiger partial charge in [0.25, 0.3) is 0 Å². The molecule has 0 amide bonds. The molecule has 3 heteroatoms. The van der Waals surface area contributed by atoms with Gasteiger partial charge in [0.05, 0.1) is 11.8 Å². The van der Waals surface area contributed by atoms with Crippen molar-refractivity contribution >= 4 is 21.7 Å². The predicted molar refractivity (Wildman–Crippen MR) is 68.7 cm³/mol. The first kappa shape index (κ1) is 13.5. The lowest BCUT2D eigenvalue weighted by molar-refractivity contribution is 0.0977. The van der Waals surface area contributed by atoms with Crippen molar-refractivity contribution in [2.24, 2.45) is 0 Å². The van der Waals surface area contributed by atoms with Crippen LogP contribution >= 0.6 is 15.9 Å². The normalized spacial score (nSPS) is 10.6. The summed E-state index contributed by atoms with van der Waals surface area (Å²) in [5.41, 5.74) is 0.675. The van der Waals surface area contributed by atoms with E-state index in [1.54, 1.807) is 12.3 Å². The molecule has 1 rings (SSSR count). The van der Waals surface area contributed by atoms with Gasteiger partial charge in [0, 0.05) is 6.42 Å². The Morgan fingerprint density at radius 1 is 1.25 bits per heavy atom. The minimum atomic E-state index is 0.177. The average molecular weight is 287 g/mol. The minimum Gasteiger partial charge on any atom is -0.457 e. The van der Waals surface area contributed by atoms with Gasteiger partial charge in [-0.3, -0.25) is 4.79 Å². The van der Waals surface area contributed by atoms with Gasteiger partial charge in [-0.15, -0.1) is 0 Å². The molecule has 1 aromatic heterocycles. The van der Waals surface area contributed by atoms with Gasteiger partial charge < -0.3 is 4.42 Å². The quantitative estimate of drug-likeness (QED) is 0.499. The van der Waals surface area contributed by atoms with Crippen molar-refractivity contribution in [1.29, 1.82) is 0 Å². The molecule has 0 saturated carbocycles. The summed E-state index contributed by atoms with van der Waals surface area (Å²) in [7, 11) is 0. The Labute approximate surface area is 106 Å². The lowest BCUT2D eigenvalue weighted by atomic mass is 10.1. The molecule has 0 aliphatic heterocycles. The standard InChI is InChI=1S/C13H19BrO2/c1-2-3-4-5-6-7-8-12(15)11-9-10-16-13(11)14/h9-10H,2-8H2,1H3. The SMILES string of the molecule is CCCCCCCCC(=O)c1ccoc1Br. The Balaban J connectivity index is 2.14. The molecule has 0 unspecified atom stereocenters. The lowest BCUT2D eigenvalue weighted by Gasteiger charge is -2.00. The van der Waals surface area contributed by atoms with Gasteiger partial charge >= 0.3 is 0 Å². The fourth-order valence-corrected chi connectivity index (χ4v) is 2.16. The van der Waals surface area contributed by atoms with E-state index >= 15 is 0 Å². The van der Waals surface area contributed by atoms with E-state index in [9.17, 15) is 4.79 Å². The highest BCUT2D eigenvalue weighted by Crippen LogP contribution is 2.20. The van der Waals surface area contributed by atoms with E-state index in [2.05, 4.69) is 22.9 Å². The van der Waals surface area contributed by atoms with Crippen LogP contribution in [0.15, 0.2) is 21.4 Å². The number of furan rings is 1. The van der Waals surface area contributed by atoms with E-state index in [0.717, 1.165) is 12.8 Å². The van der Waals surface area contributed by atoms with Gasteiger partial charge in [0.2, 0.25) is 0 Å². The molecule has 16 heavy (non-hydrogen) atoms. The van der Waals surface area contributed by atoms with E-state index in [1.807, 2.05) is 0 Å². The molecule has 1 heterocycles. The van der Waals surface area contributed by atoms with Crippen molar-refractivity contribution in [3.8, 4) is 0 Å². The number of hydrogen-bond acceptors (Lipinski definition) is 2. The third kappa shape index (κ3) is 4.52. The molecule has 0 aliphatic rings. The Kier molecular flexibility index (Phi) is 6.46. The Hall–Kier alpha value is -0.570. The van der Waals surface area contributed by atoms with E-state index in [-0.39, 0.29) is 5.78 Å². The van der Waals surface area contributed by atoms with Crippen LogP contribution in [0.5, 0.6) is 0 Å². The van der Waals surface area contributed by atoms with Crippen LogP contribution in [0.3, 0.4) is 0 Å². The summed E-state index contributed by atoms with van der Waals surface area (Å²) >= 11 is 3.22. The third-order valence-corrected chi connectivity index (χ3v) is 3.29. The molecule has 0 aromatic carbocycles. The van der Waals surface area contributed by atoms with Crippen molar-refractivity contribution in [3.05, 3.63) is 22.6 Å². The van der Waals surface area contributed by atoms with Crippen LogP contribution in [-0.4, -0.2) is 5.78 Å². The van der Waals surface area contributed by atoms with Crippen LogP contribution < -0.4 is 0 Å². The summed E-state index contributed by atoms with van der Waals surface area (Å²) in [4.78, 5) is 11.7. The average Bonchev–Trinajstić information content (AvgIpc) is 2.69. The summed E-state index contributed by atoms with van der Waals surface area (Å²) in [5.74, 6) is 0.177. The molecule has 2 nitrogen and oxygen atoms in total. The first-order chi connectivity index (χ1) is 7.75. The molecule has 0 saturated heterocycles. The molecule has 1 aromatic rings. The third-order valence-electron chi connectivity index (χ3n) is 2.68. The fourth-order valence-electron chi connectivity index (χ4n) is 1.69. The summed E-state index contributed by atoms with van der Waals surface area (Å²) in [6, 6.07) is 1.73. The second-order valence-corrected chi connectivity index (χ2v) is 4.77. The molecule has 0 N–H and O–H groups in total. The zero-order valence-electron chi connectivity index (χ0n) is 9.80. The van der Waals surface area contributed by atoms with Crippen molar-refractivity contribution in [2.75, 3.05) is 0 Å². The number of carbonyl (C=O) groups excluding carboxylic acids is 1. The summed E-state index contributed by atoms with van der Waals surface area (Å²) in [6.45, 7) is 2.21. The van der Waals surface area contributed by atoms with Gasteiger partial charge in [-0.1, -0.05) is 39.0 Å². The molecular weight excluding hydrogens is 268 g/mol. The first-order valence-corrected chi connectivity index (χ1v) is 6.81. The highest BCUT2D eigenvalue weighted by molar-refractivity contribution is 9.10. The highest BCUT2D eigenvalue weighted by Gasteiger charge is 2.11. The Morgan fingerprint density at radius 3 is 2.56 bits per heavy atom. The molecule has 0 fully saturated rings. The van der Waals surface area contributed by atoms with Gasteiger partial charge in [0.15, 0.2) is 10.5 Å². The number of ketones is 1. The molecule has 0 bridgehead atoms. The van der Waals surface area contributed by atoms with Crippen molar-refractivity contribution in [1.82, 2.24) is 0 Å². The zero-order valence-corrected chi connectivity index (χ0v) is 11.4. The topological polar surface area (TPSA) is 30.2 Å². The summed E-state index contributed by atoms with van der Waals surface area (Å²) in [6.07, 6.45) is 9.42.